The Morgan fingerprint density at radius 2 is 1.69 bits per heavy atom. The van der Waals surface area contributed by atoms with Crippen LogP contribution in [-0.2, 0) is 4.79 Å². The lowest BCUT2D eigenvalue weighted by Gasteiger charge is -2.29. The molecule has 3 rings (SSSR count). The lowest BCUT2D eigenvalue weighted by molar-refractivity contribution is -0.385. The van der Waals surface area contributed by atoms with Crippen LogP contribution in [0.4, 0.5) is 5.69 Å². The van der Waals surface area contributed by atoms with Gasteiger partial charge in [-0.25, -0.2) is 0 Å². The van der Waals surface area contributed by atoms with E-state index in [1.54, 1.807) is 12.1 Å². The number of nitro groups is 1. The van der Waals surface area contributed by atoms with Gasteiger partial charge in [-0.2, -0.15) is 0 Å². The van der Waals surface area contributed by atoms with Crippen LogP contribution in [0.1, 0.15) is 37.2 Å². The van der Waals surface area contributed by atoms with Gasteiger partial charge in [-0.15, -0.1) is 0 Å². The molecular formula is C20H22N2O4. The van der Waals surface area contributed by atoms with Crippen LogP contribution >= 0.6 is 0 Å². The second-order valence-corrected chi connectivity index (χ2v) is 6.54. The molecule has 1 N–H and O–H groups in total. The molecule has 2 aromatic carbocycles. The largest absolute Gasteiger partial charge is 0.477 e. The standard InChI is InChI=1S/C20H22N2O4/c23-20(14-26-19-9-5-4-8-18(19)22(24)25)21-17-12-10-16(11-13-17)15-6-2-1-3-7-15/h1-9,16-17H,10-14H2,(H,21,23). The predicted molar refractivity (Wildman–Crippen MR) is 98.2 cm³/mol. The van der Waals surface area contributed by atoms with E-state index in [4.69, 9.17) is 4.74 Å². The number of nitrogens with zero attached hydrogens (tertiary/aromatic N) is 1. The number of rotatable bonds is 6. The fourth-order valence-electron chi connectivity index (χ4n) is 3.44. The molecule has 0 saturated heterocycles. The van der Waals surface area contributed by atoms with Crippen molar-refractivity contribution in [2.75, 3.05) is 6.61 Å². The molecular weight excluding hydrogens is 332 g/mol. The van der Waals surface area contributed by atoms with Crippen LogP contribution in [0.25, 0.3) is 0 Å². The van der Waals surface area contributed by atoms with Crippen LogP contribution in [0.5, 0.6) is 5.75 Å². The summed E-state index contributed by atoms with van der Waals surface area (Å²) in [6.45, 7) is -0.219. The molecule has 0 aromatic heterocycles. The lowest BCUT2D eigenvalue weighted by Crippen LogP contribution is -2.39. The van der Waals surface area contributed by atoms with E-state index in [2.05, 4.69) is 29.6 Å². The molecule has 1 aliphatic rings. The molecule has 136 valence electrons. The van der Waals surface area contributed by atoms with Gasteiger partial charge in [0, 0.05) is 12.1 Å². The Hall–Kier alpha value is -2.89. The van der Waals surface area contributed by atoms with Gasteiger partial charge in [0.1, 0.15) is 0 Å². The molecule has 6 nitrogen and oxygen atoms in total. The maximum absolute atomic E-state index is 12.1. The van der Waals surface area contributed by atoms with E-state index in [1.165, 1.54) is 17.7 Å². The fraction of sp³-hybridized carbons (Fsp3) is 0.350. The molecule has 0 heterocycles. The summed E-state index contributed by atoms with van der Waals surface area (Å²) in [5, 5.41) is 13.9. The summed E-state index contributed by atoms with van der Waals surface area (Å²) in [5.41, 5.74) is 1.22. The van der Waals surface area contributed by atoms with Crippen molar-refractivity contribution < 1.29 is 14.5 Å². The van der Waals surface area contributed by atoms with Crippen molar-refractivity contribution in [3.63, 3.8) is 0 Å². The Morgan fingerprint density at radius 1 is 1.04 bits per heavy atom. The number of para-hydroxylation sites is 2. The average molecular weight is 354 g/mol. The Labute approximate surface area is 152 Å². The van der Waals surface area contributed by atoms with Gasteiger partial charge in [-0.05, 0) is 43.2 Å². The molecule has 0 radical (unpaired) electrons. The second-order valence-electron chi connectivity index (χ2n) is 6.54. The maximum atomic E-state index is 12.1. The Bertz CT molecular complexity index is 755. The van der Waals surface area contributed by atoms with Crippen molar-refractivity contribution in [3.05, 3.63) is 70.3 Å². The van der Waals surface area contributed by atoms with Crippen molar-refractivity contribution in [2.24, 2.45) is 0 Å². The quantitative estimate of drug-likeness (QED) is 0.632. The summed E-state index contributed by atoms with van der Waals surface area (Å²) in [4.78, 5) is 22.6. The molecule has 1 saturated carbocycles. The number of ether oxygens (including phenoxy) is 1. The van der Waals surface area contributed by atoms with Gasteiger partial charge in [-0.1, -0.05) is 42.5 Å². The van der Waals surface area contributed by atoms with Gasteiger partial charge in [0.15, 0.2) is 12.4 Å². The summed E-state index contributed by atoms with van der Waals surface area (Å²) in [5.74, 6) is 0.416. The Balaban J connectivity index is 1.46. The van der Waals surface area contributed by atoms with Crippen LogP contribution in [0, 0.1) is 10.1 Å². The number of benzene rings is 2. The zero-order valence-corrected chi connectivity index (χ0v) is 14.5. The molecule has 26 heavy (non-hydrogen) atoms. The minimum absolute atomic E-state index is 0.112. The molecule has 0 spiro atoms. The number of carbonyl (C=O) groups is 1. The molecule has 0 unspecified atom stereocenters. The Kier molecular flexibility index (Phi) is 5.84. The third-order valence-electron chi connectivity index (χ3n) is 4.78. The first-order valence-electron chi connectivity index (χ1n) is 8.84. The highest BCUT2D eigenvalue weighted by Gasteiger charge is 2.23. The lowest BCUT2D eigenvalue weighted by atomic mass is 9.82. The summed E-state index contributed by atoms with van der Waals surface area (Å²) in [6, 6.07) is 16.7. The number of hydrogen-bond acceptors (Lipinski definition) is 4. The third kappa shape index (κ3) is 4.59. The van der Waals surface area contributed by atoms with Crippen LogP contribution in [0.3, 0.4) is 0 Å². The van der Waals surface area contributed by atoms with Crippen LogP contribution in [0.15, 0.2) is 54.6 Å². The summed E-state index contributed by atoms with van der Waals surface area (Å²) in [6.07, 6.45) is 3.94. The zero-order chi connectivity index (χ0) is 18.4. The summed E-state index contributed by atoms with van der Waals surface area (Å²) in [7, 11) is 0. The van der Waals surface area contributed by atoms with E-state index in [0.717, 1.165) is 25.7 Å². The van der Waals surface area contributed by atoms with Gasteiger partial charge >= 0.3 is 5.69 Å². The van der Waals surface area contributed by atoms with Gasteiger partial charge in [-0.3, -0.25) is 14.9 Å². The normalized spacial score (nSPS) is 19.5. The van der Waals surface area contributed by atoms with Crippen molar-refractivity contribution in [2.45, 2.75) is 37.6 Å². The number of carbonyl (C=O) groups excluding carboxylic acids is 1. The molecule has 6 heteroatoms. The third-order valence-corrected chi connectivity index (χ3v) is 4.78. The maximum Gasteiger partial charge on any atom is 0.310 e. The SMILES string of the molecule is O=C(COc1ccccc1[N+](=O)[O-])NC1CCC(c2ccccc2)CC1. The van der Waals surface area contributed by atoms with Crippen LogP contribution in [-0.4, -0.2) is 23.5 Å². The van der Waals surface area contributed by atoms with E-state index in [0.29, 0.717) is 5.92 Å². The molecule has 0 bridgehead atoms. The van der Waals surface area contributed by atoms with Crippen LogP contribution in [0.2, 0.25) is 0 Å². The van der Waals surface area contributed by atoms with Crippen molar-refractivity contribution in [1.82, 2.24) is 5.32 Å². The molecule has 0 atom stereocenters. The second kappa shape index (κ2) is 8.47. The average Bonchev–Trinajstić information content (AvgIpc) is 2.68. The van der Waals surface area contributed by atoms with Gasteiger partial charge in [0.25, 0.3) is 5.91 Å². The smallest absolute Gasteiger partial charge is 0.310 e. The van der Waals surface area contributed by atoms with Gasteiger partial charge in [0.2, 0.25) is 0 Å². The fourth-order valence-corrected chi connectivity index (χ4v) is 3.44. The van der Waals surface area contributed by atoms with Gasteiger partial charge in [0.05, 0.1) is 4.92 Å². The van der Waals surface area contributed by atoms with Crippen LogP contribution < -0.4 is 10.1 Å². The first-order valence-corrected chi connectivity index (χ1v) is 8.84. The highest BCUT2D eigenvalue weighted by Crippen LogP contribution is 2.32. The number of nitrogens with one attached hydrogen (secondary N) is 1. The number of hydrogen-bond donors (Lipinski definition) is 1. The molecule has 1 fully saturated rings. The van der Waals surface area contributed by atoms with Crippen molar-refractivity contribution in [1.29, 1.82) is 0 Å². The molecule has 1 amide bonds. The minimum Gasteiger partial charge on any atom is -0.477 e. The number of nitro benzene ring substituents is 1. The zero-order valence-electron chi connectivity index (χ0n) is 14.5. The first kappa shape index (κ1) is 17.9. The summed E-state index contributed by atoms with van der Waals surface area (Å²) < 4.78 is 5.34. The van der Waals surface area contributed by atoms with E-state index in [9.17, 15) is 14.9 Å². The topological polar surface area (TPSA) is 81.5 Å². The predicted octanol–water partition coefficient (Wildman–Crippen LogP) is 3.82. The Morgan fingerprint density at radius 3 is 2.38 bits per heavy atom. The molecule has 1 aliphatic carbocycles. The van der Waals surface area contributed by atoms with Gasteiger partial charge < -0.3 is 10.1 Å². The minimum atomic E-state index is -0.516. The highest BCUT2D eigenvalue weighted by atomic mass is 16.6. The van der Waals surface area contributed by atoms with Crippen molar-refractivity contribution >= 4 is 11.6 Å². The molecule has 0 aliphatic heterocycles. The number of amides is 1. The first-order chi connectivity index (χ1) is 12.6. The monoisotopic (exact) mass is 354 g/mol. The van der Waals surface area contributed by atoms with Crippen molar-refractivity contribution in [3.8, 4) is 5.75 Å². The molecule has 2 aromatic rings. The van der Waals surface area contributed by atoms with E-state index >= 15 is 0 Å². The van der Waals surface area contributed by atoms with E-state index < -0.39 is 4.92 Å². The highest BCUT2D eigenvalue weighted by molar-refractivity contribution is 5.78. The van der Waals surface area contributed by atoms with E-state index in [1.807, 2.05) is 6.07 Å². The van der Waals surface area contributed by atoms with E-state index in [-0.39, 0.29) is 30.0 Å². The summed E-state index contributed by atoms with van der Waals surface area (Å²) >= 11 is 0.